The van der Waals surface area contributed by atoms with Gasteiger partial charge in [0.25, 0.3) is 0 Å². The van der Waals surface area contributed by atoms with E-state index in [-0.39, 0.29) is 0 Å². The largest absolute Gasteiger partial charge is 0.598 e. The molecule has 0 spiro atoms. The van der Waals surface area contributed by atoms with Gasteiger partial charge in [-0.3, -0.25) is 0 Å². The predicted molar refractivity (Wildman–Crippen MR) is 67.9 cm³/mol. The van der Waals surface area contributed by atoms with E-state index in [0.717, 1.165) is 4.43 Å². The van der Waals surface area contributed by atoms with E-state index in [0.29, 0.717) is 0 Å². The first-order chi connectivity index (χ1) is 17.1. The number of hydrogen-bond acceptors (Lipinski definition) is 3. The van der Waals surface area contributed by atoms with Crippen molar-refractivity contribution in [2.45, 2.75) is 66.3 Å². The maximum absolute atomic E-state index is 14.5. The molecule has 1 atom stereocenters. The topological polar surface area (TPSA) is 27.7 Å². The molecule has 248 valence electrons. The summed E-state index contributed by atoms with van der Waals surface area (Å²) in [5, 5.41) is 0. The second-order valence-electron chi connectivity index (χ2n) is 6.71. The van der Waals surface area contributed by atoms with Gasteiger partial charge in [-0.1, -0.05) is 0 Å². The van der Waals surface area contributed by atoms with Crippen LogP contribution in [0.3, 0.4) is 0 Å². The van der Waals surface area contributed by atoms with Gasteiger partial charge in [-0.2, -0.15) is 110 Å². The molecule has 0 aliphatic rings. The fourth-order valence-electron chi connectivity index (χ4n) is 1.92. The lowest BCUT2D eigenvalue weighted by atomic mass is 9.94. The van der Waals surface area contributed by atoms with E-state index in [1.54, 1.807) is 0 Å². The first kappa shape index (κ1) is 39.3. The number of alkyl halides is 26. The Hall–Kier alpha value is -1.72. The van der Waals surface area contributed by atoms with Crippen LogP contribution in [0.25, 0.3) is 0 Å². The summed E-state index contributed by atoms with van der Waals surface area (Å²) in [6, 6.07) is 0. The highest BCUT2D eigenvalue weighted by Gasteiger charge is 2.96. The van der Waals surface area contributed by atoms with Crippen LogP contribution in [0.5, 0.6) is 0 Å². The zero-order valence-corrected chi connectivity index (χ0v) is 18.1. The Morgan fingerprint density at radius 2 is 0.561 bits per heavy atom. The Morgan fingerprint density at radius 3 is 0.732 bits per heavy atom. The van der Waals surface area contributed by atoms with E-state index in [2.05, 4.69) is 0 Å². The lowest BCUT2D eigenvalue weighted by molar-refractivity contribution is -0.473. The van der Waals surface area contributed by atoms with Crippen molar-refractivity contribution >= 4 is 8.80 Å². The van der Waals surface area contributed by atoms with Gasteiger partial charge in [0.05, 0.1) is 0 Å². The molecule has 0 heterocycles. The Bertz CT molecular complexity index is 874. The van der Waals surface area contributed by atoms with Crippen molar-refractivity contribution in [3.05, 3.63) is 0 Å². The Kier molecular flexibility index (Phi) is 9.49. The van der Waals surface area contributed by atoms with Crippen LogP contribution in [-0.2, 0) is 13.3 Å². The quantitative estimate of drug-likeness (QED) is 0.189. The summed E-state index contributed by atoms with van der Waals surface area (Å²) in [5.41, 5.74) is -18.4. The van der Waals surface area contributed by atoms with Crippen molar-refractivity contribution in [1.82, 2.24) is 0 Å². The van der Waals surface area contributed by atoms with Crippen molar-refractivity contribution in [1.29, 1.82) is 0 Å². The molecule has 0 saturated carbocycles. The summed E-state index contributed by atoms with van der Waals surface area (Å²) in [7, 11) is -11.4. The summed E-state index contributed by atoms with van der Waals surface area (Å²) in [5.74, 6) is -9.43. The van der Waals surface area contributed by atoms with Crippen LogP contribution in [0.15, 0.2) is 0 Å². The van der Waals surface area contributed by atoms with Crippen molar-refractivity contribution in [2.75, 3.05) is 0 Å². The molecule has 0 N–H and O–H groups in total. The minimum absolute atomic E-state index is 1.12. The molecule has 0 aromatic rings. The second kappa shape index (κ2) is 9.91. The molecule has 30 heteroatoms. The van der Waals surface area contributed by atoms with Crippen molar-refractivity contribution < 1.29 is 127 Å². The van der Waals surface area contributed by atoms with Gasteiger partial charge in [-0.15, -0.1) is 0 Å². The minimum atomic E-state index is -11.4. The van der Waals surface area contributed by atoms with Gasteiger partial charge in [0, 0.05) is 0 Å². The summed E-state index contributed by atoms with van der Waals surface area (Å²) >= 11 is 0. The molecular formula is C11F26O3Si. The van der Waals surface area contributed by atoms with E-state index in [1.165, 1.54) is 8.85 Å². The highest BCUT2D eigenvalue weighted by molar-refractivity contribution is 6.64. The molecule has 41 heavy (non-hydrogen) atoms. The SMILES string of the molecule is FC(F)(F)C(F)(F)O[Si](OC(F)(F)C(F)(F)F)(OC(F)(C(F)(F)F)C(F)(C(F)(F)F)C(F)(F)F)C(F)(F)C(F)(F)F. The van der Waals surface area contributed by atoms with Crippen LogP contribution in [0.4, 0.5) is 114 Å². The fraction of sp³-hybridized carbons (Fsp3) is 1.00. The molecule has 0 aliphatic heterocycles. The third-order valence-corrected chi connectivity index (χ3v) is 6.44. The van der Waals surface area contributed by atoms with Crippen LogP contribution < -0.4 is 0 Å². The van der Waals surface area contributed by atoms with Crippen molar-refractivity contribution in [3.63, 3.8) is 0 Å². The molecule has 1 unspecified atom stereocenters. The van der Waals surface area contributed by atoms with Gasteiger partial charge in [-0.05, 0) is 0 Å². The zero-order chi connectivity index (χ0) is 34.1. The van der Waals surface area contributed by atoms with Crippen LogP contribution >= 0.6 is 0 Å². The number of rotatable bonds is 8. The van der Waals surface area contributed by atoms with Gasteiger partial charge in [0.2, 0.25) is 0 Å². The summed E-state index contributed by atoms with van der Waals surface area (Å²) < 4.78 is 340. The normalized spacial score (nSPS) is 18.0. The number of halogens is 26. The summed E-state index contributed by atoms with van der Waals surface area (Å²) in [6.07, 6.45) is -68.4. The monoisotopic (exact) mass is 702 g/mol. The van der Waals surface area contributed by atoms with Crippen LogP contribution in [0.1, 0.15) is 0 Å². The Morgan fingerprint density at radius 1 is 0.293 bits per heavy atom. The second-order valence-corrected chi connectivity index (χ2v) is 9.06. The van der Waals surface area contributed by atoms with Gasteiger partial charge < -0.3 is 13.3 Å². The summed E-state index contributed by atoms with van der Waals surface area (Å²) in [6.45, 7) is 0. The van der Waals surface area contributed by atoms with Gasteiger partial charge in [-0.25, -0.2) is 4.39 Å². The van der Waals surface area contributed by atoms with E-state index in [1.807, 2.05) is 0 Å². The van der Waals surface area contributed by atoms with Crippen molar-refractivity contribution in [3.8, 4) is 0 Å². The molecule has 0 amide bonds. The summed E-state index contributed by atoms with van der Waals surface area (Å²) in [4.78, 5) is 0. The van der Waals surface area contributed by atoms with Gasteiger partial charge in [0.15, 0.2) is 0 Å². The molecule has 3 nitrogen and oxygen atoms in total. The first-order valence-electron chi connectivity index (χ1n) is 8.14. The zero-order valence-electron chi connectivity index (χ0n) is 17.1. The molecular weight excluding hydrogens is 702 g/mol. The average Bonchev–Trinajstić information content (AvgIpc) is 2.60. The molecule has 0 fully saturated rings. The predicted octanol–water partition coefficient (Wildman–Crippen LogP) is 8.08. The standard InChI is InChI=1S/C11F26O3Si/c12-1(3(14,15)16,4(17,18)19)2(13,5(20,21)22)38-41(11(36,37)8(29,30)31,39-9(32,33)6(23,24)25)40-10(34,35)7(26,27)28. The highest BCUT2D eigenvalue weighted by Crippen LogP contribution is 2.62. The Labute approximate surface area is 204 Å². The number of hydrogen-bond donors (Lipinski definition) is 0. The minimum Gasteiger partial charge on any atom is -0.326 e. The molecule has 0 saturated heterocycles. The lowest BCUT2D eigenvalue weighted by Crippen LogP contribution is -2.80. The highest BCUT2D eigenvalue weighted by atomic mass is 28.4. The molecule has 0 aromatic carbocycles. The first-order valence-corrected chi connectivity index (χ1v) is 9.86. The maximum Gasteiger partial charge on any atom is 0.598 e. The van der Waals surface area contributed by atoms with Crippen LogP contribution in [-0.4, -0.2) is 75.1 Å². The van der Waals surface area contributed by atoms with Crippen LogP contribution in [0, 0.1) is 0 Å². The fourth-order valence-corrected chi connectivity index (χ4v) is 4.31. The van der Waals surface area contributed by atoms with Crippen LogP contribution in [0.2, 0.25) is 0 Å². The van der Waals surface area contributed by atoms with Gasteiger partial charge >= 0.3 is 75.1 Å². The van der Waals surface area contributed by atoms with E-state index in [4.69, 9.17) is 0 Å². The smallest absolute Gasteiger partial charge is 0.326 e. The molecule has 0 radical (unpaired) electrons. The molecule has 0 rings (SSSR count). The molecule has 0 aromatic heterocycles. The lowest BCUT2D eigenvalue weighted by Gasteiger charge is -2.47. The maximum atomic E-state index is 14.5. The van der Waals surface area contributed by atoms with E-state index < -0.39 is 75.1 Å². The van der Waals surface area contributed by atoms with Gasteiger partial charge in [0.1, 0.15) is 0 Å². The Balaban J connectivity index is 8.50. The molecule has 0 bridgehead atoms. The third-order valence-electron chi connectivity index (χ3n) is 3.79. The third kappa shape index (κ3) is 6.46. The average molecular weight is 702 g/mol. The van der Waals surface area contributed by atoms with Crippen molar-refractivity contribution in [2.24, 2.45) is 0 Å². The molecule has 0 aliphatic carbocycles. The van der Waals surface area contributed by atoms with E-state index in [9.17, 15) is 114 Å². The van der Waals surface area contributed by atoms with E-state index >= 15 is 0 Å².